The Kier molecular flexibility index (Phi) is 7.18. The van der Waals surface area contributed by atoms with Crippen molar-refractivity contribution in [1.82, 2.24) is 0 Å². The Morgan fingerprint density at radius 2 is 1.60 bits per heavy atom. The van der Waals surface area contributed by atoms with Gasteiger partial charge in [-0.3, -0.25) is 14.1 Å². The maximum atomic E-state index is 13.0. The Labute approximate surface area is 172 Å². The number of carbonyl (C=O) groups is 2. The minimum Gasteiger partial charge on any atom is -0.451 e. The van der Waals surface area contributed by atoms with E-state index in [9.17, 15) is 31.2 Å². The second kappa shape index (κ2) is 8.93. The van der Waals surface area contributed by atoms with Gasteiger partial charge in [0.25, 0.3) is 10.1 Å². The van der Waals surface area contributed by atoms with Crippen LogP contribution in [0.1, 0.15) is 36.0 Å². The summed E-state index contributed by atoms with van der Waals surface area (Å²) in [6.45, 7) is 5.36. The third-order valence-corrected chi connectivity index (χ3v) is 5.64. The molecule has 0 heterocycles. The minimum atomic E-state index is -5.20. The second-order valence-corrected chi connectivity index (χ2v) is 9.01. The summed E-state index contributed by atoms with van der Waals surface area (Å²) in [4.78, 5) is 25.0. The number of esters is 2. The van der Waals surface area contributed by atoms with Gasteiger partial charge in [-0.1, -0.05) is 24.1 Å². The van der Waals surface area contributed by atoms with Crippen LogP contribution in [0.15, 0.2) is 12.1 Å². The van der Waals surface area contributed by atoms with Crippen LogP contribution >= 0.6 is 0 Å². The van der Waals surface area contributed by atoms with Crippen LogP contribution in [-0.2, 0) is 24.4 Å². The second-order valence-electron chi connectivity index (χ2n) is 7.51. The van der Waals surface area contributed by atoms with Gasteiger partial charge in [0.05, 0.1) is 11.8 Å². The lowest BCUT2D eigenvalue weighted by Crippen LogP contribution is -2.42. The van der Waals surface area contributed by atoms with Crippen molar-refractivity contribution in [3.63, 3.8) is 0 Å². The first-order chi connectivity index (χ1) is 13.7. The monoisotopic (exact) mass is 452 g/mol. The topological polar surface area (TPSA) is 107 Å². The first-order valence-electron chi connectivity index (χ1n) is 9.21. The van der Waals surface area contributed by atoms with Crippen LogP contribution in [0.5, 0.6) is 5.75 Å². The lowest BCUT2D eigenvalue weighted by Gasteiger charge is -2.23. The van der Waals surface area contributed by atoms with Gasteiger partial charge >= 0.3 is 18.1 Å². The molecule has 0 saturated heterocycles. The van der Waals surface area contributed by atoms with E-state index in [1.807, 2.05) is 6.92 Å². The van der Waals surface area contributed by atoms with Gasteiger partial charge in [-0.15, -0.1) is 0 Å². The molecule has 2 rings (SSSR count). The van der Waals surface area contributed by atoms with E-state index in [0.29, 0.717) is 23.3 Å². The summed E-state index contributed by atoms with van der Waals surface area (Å²) in [5.41, 5.74) is 2.36. The van der Waals surface area contributed by atoms with Gasteiger partial charge in [-0.05, 0) is 44.7 Å². The summed E-state index contributed by atoms with van der Waals surface area (Å²) in [6, 6.07) is 3.61. The average Bonchev–Trinajstić information content (AvgIpc) is 3.05. The molecule has 0 spiro atoms. The van der Waals surface area contributed by atoms with E-state index in [0.717, 1.165) is 5.56 Å². The van der Waals surface area contributed by atoms with Crippen molar-refractivity contribution in [2.45, 2.75) is 52.3 Å². The molecule has 0 aromatic heterocycles. The Morgan fingerprint density at radius 3 is 2.07 bits per heavy atom. The SMILES string of the molecule is Cc1cc(C)c(OC(=O)C2CCCC2C(=O)OC(CS(=O)(=O)O)C(F)(F)F)c(C)c1. The molecular weight excluding hydrogens is 429 g/mol. The van der Waals surface area contributed by atoms with Crippen LogP contribution < -0.4 is 4.74 Å². The standard InChI is InChI=1S/C19H23F3O7S/c1-10-7-11(2)16(12(3)8-10)29-18(24)14-6-4-5-13(14)17(23)28-15(19(20,21)22)9-30(25,26)27/h7-8,13-15H,4-6,9H2,1-3H3,(H,25,26,27). The number of alkyl halides is 3. The summed E-state index contributed by atoms with van der Waals surface area (Å²) in [7, 11) is -5.05. The first kappa shape index (κ1) is 24.1. The molecule has 1 aliphatic carbocycles. The normalized spacial score (nSPS) is 20.6. The van der Waals surface area contributed by atoms with Crippen molar-refractivity contribution in [3.8, 4) is 5.75 Å². The molecule has 1 saturated carbocycles. The van der Waals surface area contributed by atoms with E-state index < -0.39 is 51.9 Å². The maximum absolute atomic E-state index is 13.0. The number of benzene rings is 1. The van der Waals surface area contributed by atoms with Gasteiger partial charge in [0, 0.05) is 0 Å². The van der Waals surface area contributed by atoms with Gasteiger partial charge in [0.15, 0.2) is 0 Å². The van der Waals surface area contributed by atoms with E-state index in [4.69, 9.17) is 9.29 Å². The maximum Gasteiger partial charge on any atom is 0.426 e. The average molecular weight is 452 g/mol. The number of hydrogen-bond acceptors (Lipinski definition) is 6. The van der Waals surface area contributed by atoms with E-state index in [2.05, 4.69) is 4.74 Å². The number of rotatable bonds is 6. The largest absolute Gasteiger partial charge is 0.451 e. The molecule has 3 atom stereocenters. The lowest BCUT2D eigenvalue weighted by atomic mass is 9.96. The van der Waals surface area contributed by atoms with Gasteiger partial charge in [0.2, 0.25) is 6.10 Å². The van der Waals surface area contributed by atoms with Crippen molar-refractivity contribution < 1.29 is 45.2 Å². The summed E-state index contributed by atoms with van der Waals surface area (Å²) in [6.07, 6.45) is -7.52. The summed E-state index contributed by atoms with van der Waals surface area (Å²) >= 11 is 0. The van der Waals surface area contributed by atoms with Crippen LogP contribution in [-0.4, -0.2) is 42.9 Å². The molecule has 11 heteroatoms. The molecule has 1 aliphatic rings. The van der Waals surface area contributed by atoms with E-state index in [1.54, 1.807) is 26.0 Å². The van der Waals surface area contributed by atoms with Crippen LogP contribution in [0.4, 0.5) is 13.2 Å². The predicted molar refractivity (Wildman–Crippen MR) is 99.5 cm³/mol. The van der Waals surface area contributed by atoms with Gasteiger partial charge in [0.1, 0.15) is 11.5 Å². The summed E-state index contributed by atoms with van der Waals surface area (Å²) in [5.74, 6) is -5.82. The number of aryl methyl sites for hydroxylation is 3. The third kappa shape index (κ3) is 6.18. The smallest absolute Gasteiger partial charge is 0.426 e. The summed E-state index contributed by atoms with van der Waals surface area (Å²) < 4.78 is 79.3. The number of carbonyl (C=O) groups excluding carboxylic acids is 2. The number of ether oxygens (including phenoxy) is 2. The molecule has 1 N–H and O–H groups in total. The van der Waals surface area contributed by atoms with Crippen molar-refractivity contribution in [3.05, 3.63) is 28.8 Å². The molecule has 7 nitrogen and oxygen atoms in total. The van der Waals surface area contributed by atoms with Gasteiger partial charge < -0.3 is 9.47 Å². The van der Waals surface area contributed by atoms with Gasteiger partial charge in [-0.25, -0.2) is 0 Å². The molecular formula is C19H23F3O7S. The lowest BCUT2D eigenvalue weighted by molar-refractivity contribution is -0.218. The van der Waals surface area contributed by atoms with Crippen molar-refractivity contribution in [1.29, 1.82) is 0 Å². The van der Waals surface area contributed by atoms with Crippen LogP contribution in [0.2, 0.25) is 0 Å². The minimum absolute atomic E-state index is 0.0981. The third-order valence-electron chi connectivity index (χ3n) is 4.91. The predicted octanol–water partition coefficient (Wildman–Crippen LogP) is 3.30. The molecule has 0 aliphatic heterocycles. The zero-order chi connectivity index (χ0) is 22.9. The molecule has 1 fully saturated rings. The fourth-order valence-corrected chi connectivity index (χ4v) is 4.28. The van der Waals surface area contributed by atoms with Crippen molar-refractivity contribution in [2.75, 3.05) is 5.75 Å². The van der Waals surface area contributed by atoms with Crippen LogP contribution in [0, 0.1) is 32.6 Å². The highest BCUT2D eigenvalue weighted by molar-refractivity contribution is 7.85. The molecule has 30 heavy (non-hydrogen) atoms. The zero-order valence-electron chi connectivity index (χ0n) is 16.7. The fraction of sp³-hybridized carbons (Fsp3) is 0.579. The number of halogens is 3. The zero-order valence-corrected chi connectivity index (χ0v) is 17.5. The summed E-state index contributed by atoms with van der Waals surface area (Å²) in [5, 5.41) is 0. The Bertz CT molecular complexity index is 902. The van der Waals surface area contributed by atoms with Crippen LogP contribution in [0.3, 0.4) is 0 Å². The first-order valence-corrected chi connectivity index (χ1v) is 10.8. The highest BCUT2D eigenvalue weighted by atomic mass is 32.2. The molecule has 1 aromatic carbocycles. The van der Waals surface area contributed by atoms with Crippen molar-refractivity contribution in [2.24, 2.45) is 11.8 Å². The molecule has 0 radical (unpaired) electrons. The van der Waals surface area contributed by atoms with Gasteiger partial charge in [-0.2, -0.15) is 21.6 Å². The van der Waals surface area contributed by atoms with E-state index in [1.165, 1.54) is 0 Å². The number of hydrogen-bond donors (Lipinski definition) is 1. The van der Waals surface area contributed by atoms with E-state index >= 15 is 0 Å². The highest BCUT2D eigenvalue weighted by Crippen LogP contribution is 2.36. The molecule has 168 valence electrons. The van der Waals surface area contributed by atoms with Crippen LogP contribution in [0.25, 0.3) is 0 Å². The van der Waals surface area contributed by atoms with E-state index in [-0.39, 0.29) is 12.8 Å². The quantitative estimate of drug-likeness (QED) is 0.401. The molecule has 0 bridgehead atoms. The Hall–Kier alpha value is -2.14. The molecule has 3 unspecified atom stereocenters. The molecule has 1 aromatic rings. The Morgan fingerprint density at radius 1 is 1.10 bits per heavy atom. The highest BCUT2D eigenvalue weighted by Gasteiger charge is 2.48. The van der Waals surface area contributed by atoms with Crippen molar-refractivity contribution >= 4 is 22.1 Å². The Balaban J connectivity index is 2.16. The fourth-order valence-electron chi connectivity index (χ4n) is 3.64. The molecule has 0 amide bonds.